The molecule has 0 aliphatic heterocycles. The average Bonchev–Trinajstić information content (AvgIpc) is 2.63. The molecule has 0 unspecified atom stereocenters. The van der Waals surface area contributed by atoms with E-state index in [1.165, 1.54) is 6.21 Å². The number of amides is 1. The number of carbonyl (C=O) groups excluding carboxylic acids is 1. The number of carbonyl (C=O) groups is 1. The molecule has 7 nitrogen and oxygen atoms in total. The van der Waals surface area contributed by atoms with Crippen LogP contribution in [0.2, 0.25) is 10.0 Å². The summed E-state index contributed by atoms with van der Waals surface area (Å²) < 4.78 is 30.5. The highest BCUT2D eigenvalue weighted by Gasteiger charge is 2.20. The molecule has 28 heavy (non-hydrogen) atoms. The van der Waals surface area contributed by atoms with Crippen LogP contribution in [-0.4, -0.2) is 39.9 Å². The summed E-state index contributed by atoms with van der Waals surface area (Å²) in [5, 5.41) is 4.57. The summed E-state index contributed by atoms with van der Waals surface area (Å²) in [5.41, 5.74) is 3.26. The zero-order valence-corrected chi connectivity index (χ0v) is 17.6. The molecule has 0 aliphatic rings. The number of rotatable bonds is 8. The van der Waals surface area contributed by atoms with Crippen molar-refractivity contribution >= 4 is 51.0 Å². The third-order valence-corrected chi connectivity index (χ3v) is 5.35. The summed E-state index contributed by atoms with van der Waals surface area (Å²) in [6, 6.07) is 11.3. The first kappa shape index (κ1) is 22.0. The first-order valence-corrected chi connectivity index (χ1v) is 10.8. The van der Waals surface area contributed by atoms with E-state index < -0.39 is 22.5 Å². The number of nitrogens with zero attached hydrogens (tertiary/aromatic N) is 2. The van der Waals surface area contributed by atoms with Crippen molar-refractivity contribution in [2.24, 2.45) is 5.10 Å². The van der Waals surface area contributed by atoms with Gasteiger partial charge in [-0.05, 0) is 48.9 Å². The van der Waals surface area contributed by atoms with Crippen molar-refractivity contribution in [2.75, 3.05) is 23.7 Å². The lowest BCUT2D eigenvalue weighted by Gasteiger charge is -2.21. The standard InChI is InChI=1S/C18H19Cl2N3O4S/c1-3-27-15-7-5-14(6-8-15)23(28(2,25)26)12-18(24)22-21-11-13-4-9-16(19)17(20)10-13/h4-11H,3,12H2,1-2H3,(H,22,24)/b21-11+. The highest BCUT2D eigenvalue weighted by molar-refractivity contribution is 7.92. The number of nitrogens with one attached hydrogen (secondary N) is 1. The van der Waals surface area contributed by atoms with Crippen LogP contribution < -0.4 is 14.5 Å². The quantitative estimate of drug-likeness (QED) is 0.500. The lowest BCUT2D eigenvalue weighted by Crippen LogP contribution is -2.39. The van der Waals surface area contributed by atoms with Crippen molar-refractivity contribution in [1.29, 1.82) is 0 Å². The molecule has 2 rings (SSSR count). The van der Waals surface area contributed by atoms with Crippen LogP contribution >= 0.6 is 23.2 Å². The predicted octanol–water partition coefficient (Wildman–Crippen LogP) is 3.31. The molecule has 0 atom stereocenters. The summed E-state index contributed by atoms with van der Waals surface area (Å²) in [6.07, 6.45) is 2.40. The smallest absolute Gasteiger partial charge is 0.260 e. The van der Waals surface area contributed by atoms with Gasteiger partial charge in [0.05, 0.1) is 34.8 Å². The Morgan fingerprint density at radius 3 is 2.43 bits per heavy atom. The molecule has 0 spiro atoms. The minimum atomic E-state index is -3.68. The molecule has 0 saturated carbocycles. The lowest BCUT2D eigenvalue weighted by molar-refractivity contribution is -0.119. The van der Waals surface area contributed by atoms with Gasteiger partial charge in [-0.3, -0.25) is 9.10 Å². The van der Waals surface area contributed by atoms with Crippen LogP contribution in [0.3, 0.4) is 0 Å². The van der Waals surface area contributed by atoms with Gasteiger partial charge in [0, 0.05) is 0 Å². The van der Waals surface area contributed by atoms with Gasteiger partial charge < -0.3 is 4.74 Å². The molecule has 10 heteroatoms. The van der Waals surface area contributed by atoms with Crippen molar-refractivity contribution in [2.45, 2.75) is 6.92 Å². The first-order valence-electron chi connectivity index (χ1n) is 8.18. The molecule has 1 N–H and O–H groups in total. The molecule has 1 amide bonds. The van der Waals surface area contributed by atoms with E-state index in [2.05, 4.69) is 10.5 Å². The summed E-state index contributed by atoms with van der Waals surface area (Å²) in [6.45, 7) is 1.92. The number of hydrazone groups is 1. The zero-order valence-electron chi connectivity index (χ0n) is 15.2. The van der Waals surface area contributed by atoms with Gasteiger partial charge in [0.25, 0.3) is 5.91 Å². The Balaban J connectivity index is 2.06. The molecule has 2 aromatic rings. The van der Waals surface area contributed by atoms with Gasteiger partial charge in [0.1, 0.15) is 12.3 Å². The van der Waals surface area contributed by atoms with Crippen molar-refractivity contribution in [1.82, 2.24) is 5.43 Å². The van der Waals surface area contributed by atoms with Crippen LogP contribution in [0, 0.1) is 0 Å². The van der Waals surface area contributed by atoms with Crippen LogP contribution in [0.15, 0.2) is 47.6 Å². The predicted molar refractivity (Wildman–Crippen MR) is 112 cm³/mol. The third-order valence-electron chi connectivity index (χ3n) is 3.47. The molecule has 150 valence electrons. The van der Waals surface area contributed by atoms with Gasteiger partial charge in [-0.2, -0.15) is 5.10 Å². The van der Waals surface area contributed by atoms with E-state index in [9.17, 15) is 13.2 Å². The first-order chi connectivity index (χ1) is 13.2. The van der Waals surface area contributed by atoms with Crippen molar-refractivity contribution in [3.8, 4) is 5.75 Å². The zero-order chi connectivity index (χ0) is 20.7. The molecule has 2 aromatic carbocycles. The fourth-order valence-corrected chi connectivity index (χ4v) is 3.38. The number of halogens is 2. The Bertz CT molecular complexity index is 963. The molecule has 0 aliphatic carbocycles. The molecule has 0 saturated heterocycles. The summed E-state index contributed by atoms with van der Waals surface area (Å²) in [7, 11) is -3.68. The topological polar surface area (TPSA) is 88.1 Å². The summed E-state index contributed by atoms with van der Waals surface area (Å²) in [4.78, 5) is 12.2. The number of anilines is 1. The minimum Gasteiger partial charge on any atom is -0.494 e. The maximum Gasteiger partial charge on any atom is 0.260 e. The van der Waals surface area contributed by atoms with E-state index in [0.717, 1.165) is 10.6 Å². The second-order valence-electron chi connectivity index (χ2n) is 5.66. The Hall–Kier alpha value is -2.29. The lowest BCUT2D eigenvalue weighted by atomic mass is 10.2. The van der Waals surface area contributed by atoms with Crippen LogP contribution in [0.4, 0.5) is 5.69 Å². The molecule has 0 bridgehead atoms. The number of hydrogen-bond acceptors (Lipinski definition) is 5. The van der Waals surface area contributed by atoms with Gasteiger partial charge in [0.15, 0.2) is 0 Å². The maximum atomic E-state index is 12.2. The van der Waals surface area contributed by atoms with E-state index in [-0.39, 0.29) is 0 Å². The van der Waals surface area contributed by atoms with Gasteiger partial charge >= 0.3 is 0 Å². The fraction of sp³-hybridized carbons (Fsp3) is 0.222. The molecule has 0 aromatic heterocycles. The maximum absolute atomic E-state index is 12.2. The Morgan fingerprint density at radius 2 is 1.86 bits per heavy atom. The normalized spacial score (nSPS) is 11.4. The van der Waals surface area contributed by atoms with Gasteiger partial charge in [0.2, 0.25) is 10.0 Å². The van der Waals surface area contributed by atoms with Gasteiger partial charge in [-0.25, -0.2) is 13.8 Å². The largest absolute Gasteiger partial charge is 0.494 e. The second-order valence-corrected chi connectivity index (χ2v) is 8.38. The van der Waals surface area contributed by atoms with Crippen LogP contribution in [0.5, 0.6) is 5.75 Å². The van der Waals surface area contributed by atoms with Crippen molar-refractivity contribution in [3.63, 3.8) is 0 Å². The van der Waals surface area contributed by atoms with E-state index in [4.69, 9.17) is 27.9 Å². The Kier molecular flexibility index (Phi) is 7.68. The van der Waals surface area contributed by atoms with E-state index >= 15 is 0 Å². The monoisotopic (exact) mass is 443 g/mol. The van der Waals surface area contributed by atoms with E-state index in [1.54, 1.807) is 42.5 Å². The van der Waals surface area contributed by atoms with Crippen LogP contribution in [0.1, 0.15) is 12.5 Å². The molecule has 0 fully saturated rings. The number of sulfonamides is 1. The molecular weight excluding hydrogens is 425 g/mol. The van der Waals surface area contributed by atoms with Gasteiger partial charge in [-0.1, -0.05) is 29.3 Å². The van der Waals surface area contributed by atoms with E-state index in [0.29, 0.717) is 33.7 Å². The molecular formula is C18H19Cl2N3O4S. The number of benzene rings is 2. The molecule has 0 heterocycles. The molecule has 0 radical (unpaired) electrons. The van der Waals surface area contributed by atoms with E-state index in [1.807, 2.05) is 6.92 Å². The minimum absolute atomic E-state index is 0.342. The van der Waals surface area contributed by atoms with Crippen LogP contribution in [-0.2, 0) is 14.8 Å². The number of ether oxygens (including phenoxy) is 1. The fourth-order valence-electron chi connectivity index (χ4n) is 2.21. The van der Waals surface area contributed by atoms with Crippen molar-refractivity contribution < 1.29 is 17.9 Å². The number of hydrogen-bond donors (Lipinski definition) is 1. The third kappa shape index (κ3) is 6.40. The van der Waals surface area contributed by atoms with Gasteiger partial charge in [-0.15, -0.1) is 0 Å². The Morgan fingerprint density at radius 1 is 1.18 bits per heavy atom. The SMILES string of the molecule is CCOc1ccc(N(CC(=O)N/N=C/c2ccc(Cl)c(Cl)c2)S(C)(=O)=O)cc1. The average molecular weight is 444 g/mol. The highest BCUT2D eigenvalue weighted by Crippen LogP contribution is 2.22. The van der Waals surface area contributed by atoms with Crippen LogP contribution in [0.25, 0.3) is 0 Å². The Labute approximate surface area is 173 Å². The highest BCUT2D eigenvalue weighted by atomic mass is 35.5. The summed E-state index contributed by atoms with van der Waals surface area (Å²) in [5.74, 6) is 0.00555. The second kappa shape index (κ2) is 9.77. The summed E-state index contributed by atoms with van der Waals surface area (Å²) >= 11 is 11.7. The van der Waals surface area contributed by atoms with Crippen molar-refractivity contribution in [3.05, 3.63) is 58.1 Å².